The van der Waals surface area contributed by atoms with Gasteiger partial charge in [0.2, 0.25) is 5.88 Å². The molecule has 0 fully saturated rings. The van der Waals surface area contributed by atoms with Crippen LogP contribution in [0.15, 0.2) is 42.5 Å². The van der Waals surface area contributed by atoms with Gasteiger partial charge in [-0.25, -0.2) is 14.5 Å². The Kier molecular flexibility index (Phi) is 5.70. The number of hydrogen-bond acceptors (Lipinski definition) is 7. The van der Waals surface area contributed by atoms with Crippen molar-refractivity contribution in [3.8, 4) is 5.88 Å². The molecule has 0 unspecified atom stereocenters. The third kappa shape index (κ3) is 4.02. The van der Waals surface area contributed by atoms with E-state index in [1.54, 1.807) is 0 Å². The molecule has 1 spiro atoms. The number of hydrogen-bond donors (Lipinski definition) is 0. The summed E-state index contributed by atoms with van der Waals surface area (Å²) in [7, 11) is 0. The van der Waals surface area contributed by atoms with Gasteiger partial charge in [0.1, 0.15) is 0 Å². The first-order valence-corrected chi connectivity index (χ1v) is 11.3. The number of benzene rings is 1. The number of rotatable bonds is 6. The predicted octanol–water partition coefficient (Wildman–Crippen LogP) is 2.70. The van der Waals surface area contributed by atoms with Crippen molar-refractivity contribution < 1.29 is 23.8 Å². The SMILES string of the molecule is O=C1C=CC(=O)OC2(O1)c1ccccc1CCN2CCCCOc1cc2n(n1)CCCC2. The van der Waals surface area contributed by atoms with Crippen LogP contribution in [-0.2, 0) is 44.4 Å². The first-order valence-electron chi connectivity index (χ1n) is 11.3. The minimum absolute atomic E-state index is 0.551. The van der Waals surface area contributed by atoms with Crippen LogP contribution in [0.5, 0.6) is 5.88 Å². The lowest BCUT2D eigenvalue weighted by atomic mass is 9.95. The molecule has 8 heteroatoms. The molecule has 0 aliphatic carbocycles. The number of carbonyl (C=O) groups is 2. The van der Waals surface area contributed by atoms with E-state index >= 15 is 0 Å². The van der Waals surface area contributed by atoms with Crippen LogP contribution in [0.4, 0.5) is 0 Å². The zero-order chi connectivity index (χ0) is 22.0. The maximum atomic E-state index is 12.3. The summed E-state index contributed by atoms with van der Waals surface area (Å²) in [5.41, 5.74) is 2.96. The number of fused-ring (bicyclic) bond motifs is 3. The molecule has 4 heterocycles. The lowest BCUT2D eigenvalue weighted by Crippen LogP contribution is -2.55. The lowest BCUT2D eigenvalue weighted by Gasteiger charge is -2.44. The van der Waals surface area contributed by atoms with Crippen molar-refractivity contribution in [2.75, 3.05) is 19.7 Å². The molecule has 3 aliphatic heterocycles. The van der Waals surface area contributed by atoms with E-state index in [9.17, 15) is 9.59 Å². The first kappa shape index (κ1) is 20.8. The van der Waals surface area contributed by atoms with E-state index in [1.807, 2.05) is 39.9 Å². The summed E-state index contributed by atoms with van der Waals surface area (Å²) < 4.78 is 19.4. The van der Waals surface area contributed by atoms with E-state index < -0.39 is 17.8 Å². The molecule has 0 radical (unpaired) electrons. The number of ether oxygens (including phenoxy) is 3. The van der Waals surface area contributed by atoms with E-state index in [0.29, 0.717) is 31.1 Å². The normalized spacial score (nSPS) is 19.6. The van der Waals surface area contributed by atoms with Crippen LogP contribution in [0.1, 0.15) is 42.5 Å². The van der Waals surface area contributed by atoms with Gasteiger partial charge in [-0.15, -0.1) is 5.10 Å². The van der Waals surface area contributed by atoms with Crippen molar-refractivity contribution in [2.45, 2.75) is 51.0 Å². The maximum absolute atomic E-state index is 12.3. The van der Waals surface area contributed by atoms with Crippen molar-refractivity contribution in [1.29, 1.82) is 0 Å². The fraction of sp³-hybridized carbons (Fsp3) is 0.458. The molecule has 0 N–H and O–H groups in total. The molecule has 168 valence electrons. The fourth-order valence-electron chi connectivity index (χ4n) is 4.66. The van der Waals surface area contributed by atoms with Gasteiger partial charge in [-0.3, -0.25) is 4.68 Å². The molecular formula is C24H27N3O5. The summed E-state index contributed by atoms with van der Waals surface area (Å²) in [6, 6.07) is 9.67. The summed E-state index contributed by atoms with van der Waals surface area (Å²) in [5, 5.41) is 4.52. The van der Waals surface area contributed by atoms with Gasteiger partial charge in [0.25, 0.3) is 0 Å². The smallest absolute Gasteiger partial charge is 0.349 e. The number of nitrogens with zero attached hydrogens (tertiary/aromatic N) is 3. The van der Waals surface area contributed by atoms with Crippen LogP contribution in [0.3, 0.4) is 0 Å². The second kappa shape index (κ2) is 8.78. The van der Waals surface area contributed by atoms with Crippen molar-refractivity contribution in [2.24, 2.45) is 0 Å². The van der Waals surface area contributed by atoms with Crippen molar-refractivity contribution in [3.63, 3.8) is 0 Å². The quantitative estimate of drug-likeness (QED) is 0.508. The molecule has 5 rings (SSSR count). The van der Waals surface area contributed by atoms with Crippen LogP contribution >= 0.6 is 0 Å². The van der Waals surface area contributed by atoms with Gasteiger partial charge in [0, 0.05) is 43.5 Å². The number of esters is 2. The first-order chi connectivity index (χ1) is 15.6. The van der Waals surface area contributed by atoms with Crippen LogP contribution < -0.4 is 4.74 Å². The summed E-state index contributed by atoms with van der Waals surface area (Å²) in [6.07, 6.45) is 8.04. The predicted molar refractivity (Wildman–Crippen MR) is 115 cm³/mol. The Labute approximate surface area is 186 Å². The number of carbonyl (C=O) groups excluding carboxylic acids is 2. The molecule has 0 atom stereocenters. The molecule has 8 nitrogen and oxygen atoms in total. The maximum Gasteiger partial charge on any atom is 0.349 e. The van der Waals surface area contributed by atoms with Crippen LogP contribution in [0.2, 0.25) is 0 Å². The van der Waals surface area contributed by atoms with Gasteiger partial charge in [0.05, 0.1) is 12.2 Å². The molecule has 0 saturated heterocycles. The molecule has 32 heavy (non-hydrogen) atoms. The average Bonchev–Trinajstić information content (AvgIpc) is 3.15. The molecule has 0 bridgehead atoms. The molecular weight excluding hydrogens is 410 g/mol. The zero-order valence-electron chi connectivity index (χ0n) is 18.0. The Bertz CT molecular complexity index is 1000. The van der Waals surface area contributed by atoms with Gasteiger partial charge in [-0.05, 0) is 50.2 Å². The fourth-order valence-corrected chi connectivity index (χ4v) is 4.66. The lowest BCUT2D eigenvalue weighted by molar-refractivity contribution is -0.295. The Morgan fingerprint density at radius 2 is 1.81 bits per heavy atom. The highest BCUT2D eigenvalue weighted by atomic mass is 16.8. The summed E-state index contributed by atoms with van der Waals surface area (Å²) in [4.78, 5) is 26.5. The number of aromatic nitrogens is 2. The monoisotopic (exact) mass is 437 g/mol. The van der Waals surface area contributed by atoms with Gasteiger partial charge in [-0.2, -0.15) is 0 Å². The van der Waals surface area contributed by atoms with Gasteiger partial charge >= 0.3 is 17.8 Å². The number of aryl methyl sites for hydroxylation is 2. The van der Waals surface area contributed by atoms with Crippen molar-refractivity contribution in [1.82, 2.24) is 14.7 Å². The van der Waals surface area contributed by atoms with E-state index in [4.69, 9.17) is 14.2 Å². The summed E-state index contributed by atoms with van der Waals surface area (Å²) in [5.74, 6) is -2.03. The average molecular weight is 437 g/mol. The van der Waals surface area contributed by atoms with Gasteiger partial charge in [0.15, 0.2) is 0 Å². The van der Waals surface area contributed by atoms with Gasteiger partial charge < -0.3 is 14.2 Å². The molecule has 1 aromatic carbocycles. The van der Waals surface area contributed by atoms with E-state index in [2.05, 4.69) is 5.10 Å². The second-order valence-corrected chi connectivity index (χ2v) is 8.36. The number of unbranched alkanes of at least 4 members (excludes halogenated alkanes) is 1. The highest BCUT2D eigenvalue weighted by molar-refractivity contribution is 5.93. The standard InChI is InChI=1S/C24H27N3O5/c28-22-10-11-23(29)32-24(31-22)20-9-2-1-7-18(20)12-15-26(24)13-5-6-16-30-21-17-19-8-3-4-14-27(19)25-21/h1-2,7,9-11,17H,3-6,8,12-16H2. The minimum Gasteiger partial charge on any atom is -0.477 e. The van der Waals surface area contributed by atoms with Crippen LogP contribution in [-0.4, -0.2) is 46.3 Å². The third-order valence-corrected chi connectivity index (χ3v) is 6.22. The van der Waals surface area contributed by atoms with Crippen molar-refractivity contribution >= 4 is 11.9 Å². The Morgan fingerprint density at radius 1 is 1.00 bits per heavy atom. The Hall–Kier alpha value is -3.13. The minimum atomic E-state index is -1.53. The highest BCUT2D eigenvalue weighted by Crippen LogP contribution is 2.39. The van der Waals surface area contributed by atoms with Crippen molar-refractivity contribution in [3.05, 3.63) is 59.3 Å². The molecule has 2 aromatic rings. The van der Waals surface area contributed by atoms with Crippen LogP contribution in [0.25, 0.3) is 0 Å². The van der Waals surface area contributed by atoms with Crippen LogP contribution in [0, 0.1) is 0 Å². The second-order valence-electron chi connectivity index (χ2n) is 8.36. The Balaban J connectivity index is 1.24. The van der Waals surface area contributed by atoms with E-state index in [0.717, 1.165) is 49.9 Å². The topological polar surface area (TPSA) is 82.9 Å². The van der Waals surface area contributed by atoms with Gasteiger partial charge in [-0.1, -0.05) is 18.2 Å². The summed E-state index contributed by atoms with van der Waals surface area (Å²) >= 11 is 0. The zero-order valence-corrected chi connectivity index (χ0v) is 18.0. The molecule has 3 aliphatic rings. The van der Waals surface area contributed by atoms with E-state index in [-0.39, 0.29) is 0 Å². The molecule has 1 aromatic heterocycles. The highest BCUT2D eigenvalue weighted by Gasteiger charge is 2.50. The van der Waals surface area contributed by atoms with E-state index in [1.165, 1.54) is 18.5 Å². The summed E-state index contributed by atoms with van der Waals surface area (Å²) in [6.45, 7) is 2.72. The molecule has 0 saturated carbocycles. The molecule has 0 amide bonds. The Morgan fingerprint density at radius 3 is 2.62 bits per heavy atom. The largest absolute Gasteiger partial charge is 0.477 e. The third-order valence-electron chi connectivity index (χ3n) is 6.22.